The Morgan fingerprint density at radius 2 is 1.56 bits per heavy atom. The summed E-state index contributed by atoms with van der Waals surface area (Å²) in [5.74, 6) is -2.46. The van der Waals surface area contributed by atoms with Crippen molar-refractivity contribution in [3.05, 3.63) is 29.3 Å². The van der Waals surface area contributed by atoms with E-state index in [4.69, 9.17) is 31.4 Å². The summed E-state index contributed by atoms with van der Waals surface area (Å²) >= 11 is 7.81. The molecule has 0 atom stereocenters. The second-order valence-corrected chi connectivity index (χ2v) is 7.15. The summed E-state index contributed by atoms with van der Waals surface area (Å²) in [5.41, 5.74) is 0. The number of nitrogens with zero attached hydrogens (tertiary/aromatic N) is 2. The summed E-state index contributed by atoms with van der Waals surface area (Å²) in [7, 11) is 0. The average Bonchev–Trinajstić information content (AvgIpc) is 2.61. The molecule has 0 radical (unpaired) electrons. The van der Waals surface area contributed by atoms with Crippen LogP contribution in [-0.4, -0.2) is 77.0 Å². The van der Waals surface area contributed by atoms with E-state index in [1.165, 1.54) is 56.3 Å². The molecule has 0 aromatic heterocycles. The Morgan fingerprint density at radius 3 is 2.04 bits per heavy atom. The van der Waals surface area contributed by atoms with Crippen molar-refractivity contribution in [2.45, 2.75) is 18.2 Å². The maximum Gasteiger partial charge on any atom is 0.414 e. The summed E-state index contributed by atoms with van der Waals surface area (Å²) < 4.78 is 0. The molecule has 1 aromatic rings. The minimum Gasteiger partial charge on any atom is -0.473 e. The molecule has 0 saturated carbocycles. The Hall–Kier alpha value is -1.28. The smallest absolute Gasteiger partial charge is 0.414 e. The van der Waals surface area contributed by atoms with Crippen LogP contribution in [0.2, 0.25) is 5.02 Å². The highest BCUT2D eigenvalue weighted by molar-refractivity contribution is 7.99. The SMILES string of the molecule is CCN1CCN(CCCSc2ccc(Cl)cc2)CC1.O=C(O)C(=O)O. The average molecular weight is 389 g/mol. The zero-order chi connectivity index (χ0) is 18.7. The number of carboxylic acids is 2. The highest BCUT2D eigenvalue weighted by Gasteiger charge is 2.14. The number of likely N-dealkylation sites (N-methyl/N-ethyl adjacent to an activating group) is 1. The fourth-order valence-electron chi connectivity index (χ4n) is 2.34. The van der Waals surface area contributed by atoms with Gasteiger partial charge in [0, 0.05) is 36.1 Å². The number of rotatable bonds is 6. The number of halogens is 1. The van der Waals surface area contributed by atoms with Crippen LogP contribution in [0.4, 0.5) is 0 Å². The molecule has 140 valence electrons. The summed E-state index contributed by atoms with van der Waals surface area (Å²) in [5, 5.41) is 15.6. The van der Waals surface area contributed by atoms with Gasteiger partial charge < -0.3 is 20.0 Å². The van der Waals surface area contributed by atoms with Crippen molar-refractivity contribution in [1.82, 2.24) is 9.80 Å². The van der Waals surface area contributed by atoms with Gasteiger partial charge in [0.15, 0.2) is 0 Å². The first kappa shape index (κ1) is 21.8. The third kappa shape index (κ3) is 9.69. The summed E-state index contributed by atoms with van der Waals surface area (Å²) in [4.78, 5) is 24.6. The van der Waals surface area contributed by atoms with E-state index in [9.17, 15) is 0 Å². The molecule has 2 rings (SSSR count). The Labute approximate surface area is 157 Å². The van der Waals surface area contributed by atoms with E-state index in [0.29, 0.717) is 0 Å². The predicted octanol–water partition coefficient (Wildman–Crippen LogP) is 2.62. The second-order valence-electron chi connectivity index (χ2n) is 5.54. The van der Waals surface area contributed by atoms with Gasteiger partial charge in [-0.05, 0) is 49.5 Å². The topological polar surface area (TPSA) is 81.1 Å². The maximum absolute atomic E-state index is 9.10. The quantitative estimate of drug-likeness (QED) is 0.440. The van der Waals surface area contributed by atoms with Crippen LogP contribution in [0.15, 0.2) is 29.2 Å². The molecule has 0 spiro atoms. The largest absolute Gasteiger partial charge is 0.473 e. The number of hydrogen-bond donors (Lipinski definition) is 2. The maximum atomic E-state index is 9.10. The van der Waals surface area contributed by atoms with Crippen LogP contribution in [-0.2, 0) is 9.59 Å². The highest BCUT2D eigenvalue weighted by Crippen LogP contribution is 2.21. The Morgan fingerprint density at radius 1 is 1.04 bits per heavy atom. The van der Waals surface area contributed by atoms with E-state index in [0.717, 1.165) is 5.02 Å². The van der Waals surface area contributed by atoms with Gasteiger partial charge in [-0.15, -0.1) is 11.8 Å². The summed E-state index contributed by atoms with van der Waals surface area (Å²) in [6.45, 7) is 9.62. The van der Waals surface area contributed by atoms with E-state index >= 15 is 0 Å². The van der Waals surface area contributed by atoms with Gasteiger partial charge in [-0.2, -0.15) is 0 Å². The molecule has 1 fully saturated rings. The monoisotopic (exact) mass is 388 g/mol. The normalized spacial score (nSPS) is 15.3. The van der Waals surface area contributed by atoms with Crippen molar-refractivity contribution in [3.8, 4) is 0 Å². The lowest BCUT2D eigenvalue weighted by Crippen LogP contribution is -2.46. The van der Waals surface area contributed by atoms with Gasteiger partial charge in [-0.3, -0.25) is 0 Å². The van der Waals surface area contributed by atoms with E-state index in [1.807, 2.05) is 23.9 Å². The summed E-state index contributed by atoms with van der Waals surface area (Å²) in [6, 6.07) is 8.14. The van der Waals surface area contributed by atoms with Crippen molar-refractivity contribution in [3.63, 3.8) is 0 Å². The Bertz CT molecular complexity index is 522. The number of carbonyl (C=O) groups is 2. The van der Waals surface area contributed by atoms with Crippen LogP contribution in [0.1, 0.15) is 13.3 Å². The molecule has 1 aromatic carbocycles. The van der Waals surface area contributed by atoms with Gasteiger partial charge in [-0.1, -0.05) is 18.5 Å². The number of aliphatic carboxylic acids is 2. The Balaban J connectivity index is 0.000000450. The number of hydrogen-bond acceptors (Lipinski definition) is 5. The Kier molecular flexibility index (Phi) is 10.6. The third-order valence-electron chi connectivity index (χ3n) is 3.80. The molecule has 1 saturated heterocycles. The molecule has 0 bridgehead atoms. The van der Waals surface area contributed by atoms with Gasteiger partial charge in [0.1, 0.15) is 0 Å². The van der Waals surface area contributed by atoms with Crippen LogP contribution in [0.5, 0.6) is 0 Å². The fourth-order valence-corrected chi connectivity index (χ4v) is 3.30. The van der Waals surface area contributed by atoms with Gasteiger partial charge in [0.25, 0.3) is 0 Å². The van der Waals surface area contributed by atoms with Crippen molar-refractivity contribution in [1.29, 1.82) is 0 Å². The van der Waals surface area contributed by atoms with Crippen LogP contribution < -0.4 is 0 Å². The lowest BCUT2D eigenvalue weighted by Gasteiger charge is -2.33. The van der Waals surface area contributed by atoms with Crippen LogP contribution >= 0.6 is 23.4 Å². The van der Waals surface area contributed by atoms with Crippen LogP contribution in [0, 0.1) is 0 Å². The lowest BCUT2D eigenvalue weighted by molar-refractivity contribution is -0.159. The third-order valence-corrected chi connectivity index (χ3v) is 5.15. The van der Waals surface area contributed by atoms with Crippen LogP contribution in [0.25, 0.3) is 0 Å². The van der Waals surface area contributed by atoms with Crippen molar-refractivity contribution in [2.24, 2.45) is 0 Å². The molecule has 0 unspecified atom stereocenters. The number of carboxylic acid groups (broad SMARTS) is 2. The molecule has 1 heterocycles. The van der Waals surface area contributed by atoms with E-state index < -0.39 is 11.9 Å². The molecule has 2 N–H and O–H groups in total. The zero-order valence-corrected chi connectivity index (χ0v) is 15.9. The van der Waals surface area contributed by atoms with E-state index in [2.05, 4.69) is 28.9 Å². The molecule has 0 amide bonds. The lowest BCUT2D eigenvalue weighted by atomic mass is 10.3. The molecular formula is C17H25ClN2O4S. The number of piperazine rings is 1. The zero-order valence-electron chi connectivity index (χ0n) is 14.4. The number of benzene rings is 1. The number of thioether (sulfide) groups is 1. The fraction of sp³-hybridized carbons (Fsp3) is 0.529. The van der Waals surface area contributed by atoms with Gasteiger partial charge in [0.05, 0.1) is 0 Å². The van der Waals surface area contributed by atoms with Crippen LogP contribution in [0.3, 0.4) is 0 Å². The van der Waals surface area contributed by atoms with Crippen molar-refractivity contribution in [2.75, 3.05) is 45.0 Å². The minimum atomic E-state index is -1.82. The first-order valence-corrected chi connectivity index (χ1v) is 9.58. The molecular weight excluding hydrogens is 364 g/mol. The standard InChI is InChI=1S/C15H23ClN2S.C2H2O4/c1-2-17-9-11-18(12-10-17)8-3-13-19-15-6-4-14(16)5-7-15;3-1(4)2(5)6/h4-7H,2-3,8-13H2,1H3;(H,3,4)(H,5,6). The molecule has 1 aliphatic heterocycles. The summed E-state index contributed by atoms with van der Waals surface area (Å²) in [6.07, 6.45) is 1.26. The van der Waals surface area contributed by atoms with Crippen molar-refractivity contribution >= 4 is 35.3 Å². The van der Waals surface area contributed by atoms with Gasteiger partial charge >= 0.3 is 11.9 Å². The van der Waals surface area contributed by atoms with Crippen molar-refractivity contribution < 1.29 is 19.8 Å². The second kappa shape index (κ2) is 12.1. The molecule has 6 nitrogen and oxygen atoms in total. The highest BCUT2D eigenvalue weighted by atomic mass is 35.5. The molecule has 8 heteroatoms. The van der Waals surface area contributed by atoms with Gasteiger partial charge in [-0.25, -0.2) is 9.59 Å². The molecule has 0 aliphatic carbocycles. The van der Waals surface area contributed by atoms with Gasteiger partial charge in [0.2, 0.25) is 0 Å². The predicted molar refractivity (Wildman–Crippen MR) is 101 cm³/mol. The first-order chi connectivity index (χ1) is 11.9. The van der Waals surface area contributed by atoms with E-state index in [1.54, 1.807) is 0 Å². The molecule has 25 heavy (non-hydrogen) atoms. The first-order valence-electron chi connectivity index (χ1n) is 8.21. The van der Waals surface area contributed by atoms with E-state index in [-0.39, 0.29) is 0 Å². The molecule has 1 aliphatic rings. The minimum absolute atomic E-state index is 0.818.